The second kappa shape index (κ2) is 10.7. The van der Waals surface area contributed by atoms with Crippen molar-refractivity contribution in [2.24, 2.45) is 0 Å². The number of halogens is 21. The molecule has 0 saturated carbocycles. The number of rotatable bonds is 14. The van der Waals surface area contributed by atoms with Gasteiger partial charge in [-0.1, -0.05) is 0 Å². The summed E-state index contributed by atoms with van der Waals surface area (Å²) in [6.45, 7) is 0. The number of carbonyl (C=O) groups is 1. The minimum absolute atomic E-state index is 0.220. The molecule has 0 aromatic carbocycles. The highest BCUT2D eigenvalue weighted by atomic mass is 28.1. The quantitative estimate of drug-likeness (QED) is 0.143. The van der Waals surface area contributed by atoms with E-state index in [0.29, 0.717) is 14.2 Å². The molecule has 1 unspecified atom stereocenters. The van der Waals surface area contributed by atoms with E-state index in [4.69, 9.17) is 0 Å². The molecule has 0 saturated heterocycles. The molecule has 0 N–H and O–H groups in total. The van der Waals surface area contributed by atoms with Crippen LogP contribution in [0.5, 0.6) is 0 Å². The molecule has 0 aliphatic carbocycles. The van der Waals surface area contributed by atoms with Crippen molar-refractivity contribution < 1.29 is 111 Å². The fourth-order valence-corrected chi connectivity index (χ4v) is 2.94. The lowest BCUT2D eigenvalue weighted by Gasteiger charge is -2.45. The molecule has 1 atom stereocenters. The van der Waals surface area contributed by atoms with E-state index < -0.39 is 87.0 Å². The number of ether oxygens (including phenoxy) is 3. The third kappa shape index (κ3) is 4.99. The maximum atomic E-state index is 14.4. The molecule has 0 amide bonds. The number of hydrogen-bond acceptors (Lipinski definition) is 4. The van der Waals surface area contributed by atoms with Crippen molar-refractivity contribution in [1.29, 1.82) is 0 Å². The van der Waals surface area contributed by atoms with Gasteiger partial charge in [0.2, 0.25) is 11.2 Å². The van der Waals surface area contributed by atoms with Crippen molar-refractivity contribution in [3.63, 3.8) is 0 Å². The highest BCUT2D eigenvalue weighted by Crippen LogP contribution is 2.66. The summed E-state index contributed by atoms with van der Waals surface area (Å²) >= 11 is 0. The second-order valence-electron chi connectivity index (χ2n) is 8.05. The van der Waals surface area contributed by atoms with E-state index in [1.807, 2.05) is 0 Å². The minimum atomic E-state index is -9.29. The van der Waals surface area contributed by atoms with Gasteiger partial charge in [-0.25, -0.2) is 0 Å². The van der Waals surface area contributed by atoms with Crippen molar-refractivity contribution in [2.75, 3.05) is 21.3 Å². The summed E-state index contributed by atoms with van der Waals surface area (Å²) in [4.78, 5) is 12.1. The van der Waals surface area contributed by atoms with Crippen LogP contribution in [0.1, 0.15) is 0 Å². The predicted octanol–water partition coefficient (Wildman–Crippen LogP) is 5.16. The third-order valence-electron chi connectivity index (χ3n) is 5.56. The van der Waals surface area contributed by atoms with E-state index in [0.717, 1.165) is 0 Å². The van der Waals surface area contributed by atoms with Gasteiger partial charge in [-0.2, -0.15) is 92.2 Å². The van der Waals surface area contributed by atoms with Gasteiger partial charge in [-0.05, 0) is 0 Å². The lowest BCUT2D eigenvalue weighted by Crippen LogP contribution is -2.77. The lowest BCUT2D eigenvalue weighted by molar-refractivity contribution is -0.475. The number of ketones is 1. The summed E-state index contributed by atoms with van der Waals surface area (Å²) < 4.78 is 295. The van der Waals surface area contributed by atoms with Crippen LogP contribution >= 0.6 is 0 Å². The van der Waals surface area contributed by atoms with Crippen LogP contribution in [-0.4, -0.2) is 108 Å². The largest absolute Gasteiger partial charge is 0.460 e. The van der Waals surface area contributed by atoms with Crippen molar-refractivity contribution >= 4 is 16.0 Å². The fourth-order valence-electron chi connectivity index (χ4n) is 2.68. The maximum Gasteiger partial charge on any atom is 0.460 e. The van der Waals surface area contributed by atoms with Crippen LogP contribution in [0.2, 0.25) is 0 Å². The summed E-state index contributed by atoms with van der Waals surface area (Å²) in [5.74, 6) is -81.6. The summed E-state index contributed by atoms with van der Waals surface area (Å²) in [6, 6.07) is 0. The first-order valence-corrected chi connectivity index (χ1v) is 10.6. The van der Waals surface area contributed by atoms with Crippen LogP contribution < -0.4 is 0 Å². The molecule has 42 heavy (non-hydrogen) atoms. The molecule has 252 valence electrons. The van der Waals surface area contributed by atoms with Gasteiger partial charge in [0.25, 0.3) is 0 Å². The zero-order valence-corrected chi connectivity index (χ0v) is 22.1. The number of alkyl halides is 21. The summed E-state index contributed by atoms with van der Waals surface area (Å²) in [7, 11) is -0.439. The number of carbonyl (C=O) groups excluding carboxylic acids is 1. The Labute approximate surface area is 220 Å². The van der Waals surface area contributed by atoms with Crippen LogP contribution in [0.4, 0.5) is 92.2 Å². The molecule has 0 radical (unpaired) electrons. The molecular weight excluding hydrogens is 683 g/mol. The van der Waals surface area contributed by atoms with Gasteiger partial charge in [0.15, 0.2) is 6.10 Å². The minimum Gasteiger partial charge on any atom is -0.367 e. The fraction of sp³-hybridized carbons (Fsp3) is 0.938. The Morgan fingerprint density at radius 1 is 0.476 bits per heavy atom. The van der Waals surface area contributed by atoms with Crippen molar-refractivity contribution in [3.8, 4) is 0 Å². The Balaban J connectivity index is 7.30. The van der Waals surface area contributed by atoms with E-state index in [-0.39, 0.29) is 7.11 Å². The van der Waals surface area contributed by atoms with Gasteiger partial charge in [-0.3, -0.25) is 4.79 Å². The average Bonchev–Trinajstić information content (AvgIpc) is 2.81. The van der Waals surface area contributed by atoms with Crippen molar-refractivity contribution in [1.82, 2.24) is 0 Å². The Morgan fingerprint density at radius 3 is 0.929 bits per heavy atom. The van der Waals surface area contributed by atoms with Gasteiger partial charge in [0.1, 0.15) is 0 Å². The Bertz CT molecular complexity index is 987. The summed E-state index contributed by atoms with van der Waals surface area (Å²) in [6.07, 6.45) is -12.6. The third-order valence-corrected chi connectivity index (χ3v) is 6.87. The maximum absolute atomic E-state index is 14.4. The first-order chi connectivity index (χ1) is 18.0. The molecule has 0 spiro atoms. The molecule has 0 aromatic rings. The van der Waals surface area contributed by atoms with E-state index in [1.165, 1.54) is 0 Å². The molecule has 0 fully saturated rings. The Morgan fingerprint density at radius 2 is 0.714 bits per heavy atom. The van der Waals surface area contributed by atoms with Crippen LogP contribution in [-0.2, 0) is 19.0 Å². The predicted molar refractivity (Wildman–Crippen MR) is 93.1 cm³/mol. The molecule has 0 aromatic heterocycles. The zero-order chi connectivity index (χ0) is 34.8. The molecular formula is C16H13F21O4Si. The van der Waals surface area contributed by atoms with Gasteiger partial charge in [0.05, 0.1) is 10.2 Å². The van der Waals surface area contributed by atoms with Crippen LogP contribution in [0.15, 0.2) is 0 Å². The Hall–Kier alpha value is -1.70. The van der Waals surface area contributed by atoms with Crippen LogP contribution in [0.3, 0.4) is 0 Å². The monoisotopic (exact) mass is 696 g/mol. The topological polar surface area (TPSA) is 44.8 Å². The number of methoxy groups -OCH3 is 3. The molecule has 0 aliphatic heterocycles. The highest BCUT2D eigenvalue weighted by Gasteiger charge is 2.98. The van der Waals surface area contributed by atoms with Crippen LogP contribution in [0, 0.1) is 0 Å². The van der Waals surface area contributed by atoms with Crippen molar-refractivity contribution in [3.05, 3.63) is 0 Å². The second-order valence-corrected chi connectivity index (χ2v) is 9.37. The first-order valence-electron chi connectivity index (χ1n) is 9.62. The molecule has 0 rings (SSSR count). The van der Waals surface area contributed by atoms with E-state index in [1.54, 1.807) is 0 Å². The normalized spacial score (nSPS) is 17.0. The lowest BCUT2D eigenvalue weighted by atomic mass is 9.85. The molecule has 0 bridgehead atoms. The van der Waals surface area contributed by atoms with E-state index >= 15 is 0 Å². The number of hydrogen-bond donors (Lipinski definition) is 0. The molecule has 26 heteroatoms. The van der Waals surface area contributed by atoms with Gasteiger partial charge in [0, 0.05) is 21.3 Å². The van der Waals surface area contributed by atoms with Crippen molar-refractivity contribution in [2.45, 2.75) is 71.0 Å². The zero-order valence-electron chi connectivity index (χ0n) is 20.1. The molecule has 0 aliphatic rings. The van der Waals surface area contributed by atoms with E-state index in [9.17, 15) is 97.0 Å². The number of Topliss-reactive ketones (excluding diaryl/α,β-unsaturated/α-hetero) is 1. The van der Waals surface area contributed by atoms with E-state index in [2.05, 4.69) is 14.2 Å². The standard InChI is InChI=1S/C16H13F21O4Si/c1-39-5(4(38)7(42,40-2)41-3)6(17,18)8(19,20)9(21,22)10(23,24)11(25,26)12(27,28)13(29,30)14(31,32)15(33,34)16(35,36)37/h5H,1-3,42H3. The Kier molecular flexibility index (Phi) is 10.3. The first kappa shape index (κ1) is 40.3. The summed E-state index contributed by atoms with van der Waals surface area (Å²) in [5.41, 5.74) is -3.10. The molecule has 4 nitrogen and oxygen atoms in total. The highest BCUT2D eigenvalue weighted by molar-refractivity contribution is 6.27. The van der Waals surface area contributed by atoms with Gasteiger partial charge < -0.3 is 14.2 Å². The van der Waals surface area contributed by atoms with Crippen LogP contribution in [0.25, 0.3) is 0 Å². The van der Waals surface area contributed by atoms with Gasteiger partial charge >= 0.3 is 59.5 Å². The summed E-state index contributed by atoms with van der Waals surface area (Å²) in [5, 5.41) is 0. The van der Waals surface area contributed by atoms with Gasteiger partial charge in [-0.15, -0.1) is 0 Å². The average molecular weight is 696 g/mol. The molecule has 0 heterocycles. The SMILES string of the molecule is COC(C(=O)C([SiH3])(OC)OC)C(F)(F)C(F)(F)C(F)(F)C(F)(F)C(F)(F)C(F)(F)C(F)(F)C(F)(F)C(F)(F)C(F)(F)F. The smallest absolute Gasteiger partial charge is 0.367 e.